The highest BCUT2D eigenvalue weighted by Gasteiger charge is 2.18. The van der Waals surface area contributed by atoms with Gasteiger partial charge in [0.25, 0.3) is 5.91 Å². The van der Waals surface area contributed by atoms with Crippen LogP contribution in [0.3, 0.4) is 0 Å². The Morgan fingerprint density at radius 1 is 1.15 bits per heavy atom. The van der Waals surface area contributed by atoms with Gasteiger partial charge in [-0.1, -0.05) is 23.7 Å². The van der Waals surface area contributed by atoms with E-state index in [1.165, 1.54) is 6.07 Å². The van der Waals surface area contributed by atoms with Gasteiger partial charge in [0.15, 0.2) is 0 Å². The van der Waals surface area contributed by atoms with Crippen molar-refractivity contribution in [3.8, 4) is 0 Å². The van der Waals surface area contributed by atoms with Crippen molar-refractivity contribution in [3.63, 3.8) is 0 Å². The molecule has 0 saturated carbocycles. The topological polar surface area (TPSA) is 29.1 Å². The molecule has 2 aromatic carbocycles. The van der Waals surface area contributed by atoms with E-state index in [2.05, 4.69) is 5.32 Å². The van der Waals surface area contributed by atoms with Gasteiger partial charge in [0.05, 0.1) is 10.7 Å². The first-order valence-corrected chi connectivity index (χ1v) is 6.30. The van der Waals surface area contributed by atoms with Gasteiger partial charge in [-0.25, -0.2) is 8.78 Å². The van der Waals surface area contributed by atoms with Crippen LogP contribution in [0.5, 0.6) is 0 Å². The lowest BCUT2D eigenvalue weighted by atomic mass is 10.1. The highest BCUT2D eigenvalue weighted by Crippen LogP contribution is 2.28. The number of benzene rings is 2. The maximum absolute atomic E-state index is 13.5. The van der Waals surface area contributed by atoms with Gasteiger partial charge in [-0.3, -0.25) is 4.79 Å². The van der Waals surface area contributed by atoms with Crippen LogP contribution in [0, 0.1) is 25.5 Å². The third-order valence-corrected chi connectivity index (χ3v) is 3.16. The minimum atomic E-state index is -0.914. The molecule has 0 aliphatic heterocycles. The average Bonchev–Trinajstić information content (AvgIpc) is 2.33. The van der Waals surface area contributed by atoms with Gasteiger partial charge in [0, 0.05) is 0 Å². The number of anilines is 1. The van der Waals surface area contributed by atoms with Crippen molar-refractivity contribution < 1.29 is 13.6 Å². The van der Waals surface area contributed by atoms with Crippen molar-refractivity contribution in [3.05, 3.63) is 63.7 Å². The van der Waals surface area contributed by atoms with E-state index in [0.717, 1.165) is 23.3 Å². The molecule has 2 rings (SSSR count). The first-order chi connectivity index (χ1) is 9.40. The Bertz CT molecular complexity index is 642. The van der Waals surface area contributed by atoms with Crippen LogP contribution in [0.2, 0.25) is 5.02 Å². The molecule has 2 nitrogen and oxygen atoms in total. The summed E-state index contributed by atoms with van der Waals surface area (Å²) in [5.41, 5.74) is 1.39. The minimum absolute atomic E-state index is 0.326. The summed E-state index contributed by atoms with van der Waals surface area (Å²) in [5.74, 6) is -2.69. The molecule has 0 unspecified atom stereocenters. The molecule has 0 atom stereocenters. The fourth-order valence-electron chi connectivity index (χ4n) is 1.96. The summed E-state index contributed by atoms with van der Waals surface area (Å²) < 4.78 is 27.1. The SMILES string of the molecule is Cc1cc(C)c(NC(=O)c2c(F)cccc2F)c(Cl)c1. The highest BCUT2D eigenvalue weighted by molar-refractivity contribution is 6.34. The van der Waals surface area contributed by atoms with Crippen LogP contribution < -0.4 is 5.32 Å². The zero-order valence-electron chi connectivity index (χ0n) is 10.9. The Morgan fingerprint density at radius 3 is 2.30 bits per heavy atom. The molecule has 5 heteroatoms. The van der Waals surface area contributed by atoms with E-state index in [0.29, 0.717) is 10.7 Å². The highest BCUT2D eigenvalue weighted by atomic mass is 35.5. The number of carbonyl (C=O) groups is 1. The second kappa shape index (κ2) is 5.59. The number of aryl methyl sites for hydroxylation is 2. The Morgan fingerprint density at radius 2 is 1.75 bits per heavy atom. The fraction of sp³-hybridized carbons (Fsp3) is 0.133. The van der Waals surface area contributed by atoms with E-state index < -0.39 is 23.1 Å². The zero-order chi connectivity index (χ0) is 14.9. The largest absolute Gasteiger partial charge is 0.320 e. The van der Waals surface area contributed by atoms with E-state index in [9.17, 15) is 13.6 Å². The normalized spacial score (nSPS) is 10.4. The summed E-state index contributed by atoms with van der Waals surface area (Å²) in [6, 6.07) is 6.75. The van der Waals surface area contributed by atoms with Crippen molar-refractivity contribution in [1.29, 1.82) is 0 Å². The first kappa shape index (κ1) is 14.5. The molecular formula is C15H12ClF2NO. The van der Waals surface area contributed by atoms with Crippen molar-refractivity contribution in [1.82, 2.24) is 0 Å². The third-order valence-electron chi connectivity index (χ3n) is 2.86. The first-order valence-electron chi connectivity index (χ1n) is 5.92. The predicted molar refractivity (Wildman–Crippen MR) is 75.2 cm³/mol. The van der Waals surface area contributed by atoms with Crippen molar-refractivity contribution >= 4 is 23.2 Å². The molecule has 2 aromatic rings. The van der Waals surface area contributed by atoms with E-state index in [-0.39, 0.29) is 0 Å². The molecule has 1 amide bonds. The van der Waals surface area contributed by atoms with Gasteiger partial charge in [-0.15, -0.1) is 0 Å². The number of hydrogen-bond acceptors (Lipinski definition) is 1. The van der Waals surface area contributed by atoms with Crippen LogP contribution in [0.1, 0.15) is 21.5 Å². The molecule has 0 saturated heterocycles. The fourth-order valence-corrected chi connectivity index (χ4v) is 2.33. The molecule has 0 aliphatic carbocycles. The van der Waals surface area contributed by atoms with E-state index >= 15 is 0 Å². The lowest BCUT2D eigenvalue weighted by Crippen LogP contribution is -2.16. The maximum atomic E-state index is 13.5. The van der Waals surface area contributed by atoms with E-state index in [1.807, 2.05) is 13.0 Å². The summed E-state index contributed by atoms with van der Waals surface area (Å²) in [6.45, 7) is 3.62. The number of hydrogen-bond donors (Lipinski definition) is 1. The van der Waals surface area contributed by atoms with Crippen LogP contribution in [0.15, 0.2) is 30.3 Å². The summed E-state index contributed by atoms with van der Waals surface area (Å²) in [6.07, 6.45) is 0. The standard InChI is InChI=1S/C15H12ClF2NO/c1-8-6-9(2)14(10(16)7-8)19-15(20)13-11(17)4-3-5-12(13)18/h3-7H,1-2H3,(H,19,20). The smallest absolute Gasteiger partial charge is 0.261 e. The molecule has 0 bridgehead atoms. The Kier molecular flexibility index (Phi) is 4.04. The second-order valence-electron chi connectivity index (χ2n) is 4.49. The lowest BCUT2D eigenvalue weighted by Gasteiger charge is -2.12. The van der Waals surface area contributed by atoms with Gasteiger partial charge in [0.1, 0.15) is 17.2 Å². The molecule has 0 radical (unpaired) electrons. The summed E-state index contributed by atoms with van der Waals surface area (Å²) in [5, 5.41) is 2.78. The van der Waals surface area contributed by atoms with Crippen LogP contribution in [0.25, 0.3) is 0 Å². The third kappa shape index (κ3) is 2.80. The molecule has 0 spiro atoms. The van der Waals surface area contributed by atoms with Gasteiger partial charge in [0.2, 0.25) is 0 Å². The molecule has 0 aromatic heterocycles. The minimum Gasteiger partial charge on any atom is -0.320 e. The summed E-state index contributed by atoms with van der Waals surface area (Å²) in [7, 11) is 0. The second-order valence-corrected chi connectivity index (χ2v) is 4.90. The molecule has 0 aliphatic rings. The summed E-state index contributed by atoms with van der Waals surface area (Å²) in [4.78, 5) is 12.0. The molecule has 0 heterocycles. The predicted octanol–water partition coefficient (Wildman–Crippen LogP) is 4.49. The Hall–Kier alpha value is -1.94. The summed E-state index contributed by atoms with van der Waals surface area (Å²) >= 11 is 6.04. The monoisotopic (exact) mass is 295 g/mol. The number of rotatable bonds is 2. The van der Waals surface area contributed by atoms with Gasteiger partial charge in [-0.2, -0.15) is 0 Å². The Labute approximate surface area is 120 Å². The maximum Gasteiger partial charge on any atom is 0.261 e. The van der Waals surface area contributed by atoms with Crippen LogP contribution in [-0.4, -0.2) is 5.91 Å². The molecular weight excluding hydrogens is 284 g/mol. The van der Waals surface area contributed by atoms with Crippen molar-refractivity contribution in [2.75, 3.05) is 5.32 Å². The zero-order valence-corrected chi connectivity index (χ0v) is 11.7. The molecule has 1 N–H and O–H groups in total. The van der Waals surface area contributed by atoms with Crippen molar-refractivity contribution in [2.24, 2.45) is 0 Å². The van der Waals surface area contributed by atoms with E-state index in [4.69, 9.17) is 11.6 Å². The number of carbonyl (C=O) groups excluding carboxylic acids is 1. The van der Waals surface area contributed by atoms with Gasteiger partial charge >= 0.3 is 0 Å². The Balaban J connectivity index is 2.38. The number of amides is 1. The molecule has 0 fully saturated rings. The van der Waals surface area contributed by atoms with Gasteiger partial charge in [-0.05, 0) is 43.2 Å². The molecule has 104 valence electrons. The van der Waals surface area contributed by atoms with Crippen LogP contribution in [-0.2, 0) is 0 Å². The van der Waals surface area contributed by atoms with Crippen LogP contribution in [0.4, 0.5) is 14.5 Å². The molecule has 20 heavy (non-hydrogen) atoms. The number of halogens is 3. The lowest BCUT2D eigenvalue weighted by molar-refractivity contribution is 0.101. The number of nitrogens with one attached hydrogen (secondary N) is 1. The van der Waals surface area contributed by atoms with E-state index in [1.54, 1.807) is 13.0 Å². The quantitative estimate of drug-likeness (QED) is 0.869. The van der Waals surface area contributed by atoms with Crippen molar-refractivity contribution in [2.45, 2.75) is 13.8 Å². The van der Waals surface area contributed by atoms with Crippen LogP contribution >= 0.6 is 11.6 Å². The van der Waals surface area contributed by atoms with Gasteiger partial charge < -0.3 is 5.32 Å². The average molecular weight is 296 g/mol.